The molecule has 0 atom stereocenters. The van der Waals surface area contributed by atoms with Crippen LogP contribution in [0.5, 0.6) is 0 Å². The summed E-state index contributed by atoms with van der Waals surface area (Å²) in [5.74, 6) is 0.809. The minimum Gasteiger partial charge on any atom is -0.454 e. The highest BCUT2D eigenvalue weighted by Gasteiger charge is 2.07. The van der Waals surface area contributed by atoms with Gasteiger partial charge in [-0.1, -0.05) is 23.7 Å². The molecule has 128 valence electrons. The Hall–Kier alpha value is -2.47. The van der Waals surface area contributed by atoms with Gasteiger partial charge in [0.1, 0.15) is 12.3 Å². The molecule has 0 spiro atoms. The molecule has 1 amide bonds. The number of halogens is 1. The van der Waals surface area contributed by atoms with Gasteiger partial charge in [-0.3, -0.25) is 4.79 Å². The van der Waals surface area contributed by atoms with Crippen LogP contribution < -0.4 is 16.4 Å². The van der Waals surface area contributed by atoms with Crippen LogP contribution in [-0.2, 0) is 13.0 Å². The Bertz CT molecular complexity index is 712. The van der Waals surface area contributed by atoms with Crippen molar-refractivity contribution in [2.45, 2.75) is 19.9 Å². The van der Waals surface area contributed by atoms with E-state index < -0.39 is 5.91 Å². The fourth-order valence-corrected chi connectivity index (χ4v) is 2.32. The lowest BCUT2D eigenvalue weighted by Crippen LogP contribution is -2.38. The Labute approximate surface area is 146 Å². The molecule has 1 aromatic carbocycles. The number of carbonyl (C=O) groups excluding carboxylic acids is 1. The Kier molecular flexibility index (Phi) is 6.69. The molecule has 2 rings (SSSR count). The van der Waals surface area contributed by atoms with E-state index in [2.05, 4.69) is 15.6 Å². The van der Waals surface area contributed by atoms with Crippen LogP contribution in [0.15, 0.2) is 45.8 Å². The molecule has 0 bridgehead atoms. The molecule has 0 saturated carbocycles. The van der Waals surface area contributed by atoms with Crippen LogP contribution in [0.25, 0.3) is 0 Å². The quantitative estimate of drug-likeness (QED) is 0.529. The van der Waals surface area contributed by atoms with E-state index in [0.717, 1.165) is 30.1 Å². The van der Waals surface area contributed by atoms with Gasteiger partial charge in [-0.05, 0) is 43.2 Å². The summed E-state index contributed by atoms with van der Waals surface area (Å²) < 4.78 is 5.31. The Morgan fingerprint density at radius 2 is 2.12 bits per heavy atom. The van der Waals surface area contributed by atoms with Crippen molar-refractivity contribution in [2.75, 3.05) is 13.1 Å². The largest absolute Gasteiger partial charge is 0.454 e. The smallest absolute Gasteiger partial charge is 0.284 e. The number of nitrogens with one attached hydrogen (secondary N) is 2. The van der Waals surface area contributed by atoms with Gasteiger partial charge >= 0.3 is 0 Å². The van der Waals surface area contributed by atoms with E-state index in [0.29, 0.717) is 18.3 Å². The first-order valence-corrected chi connectivity index (χ1v) is 8.11. The number of amides is 1. The van der Waals surface area contributed by atoms with Crippen molar-refractivity contribution in [3.8, 4) is 0 Å². The maximum atomic E-state index is 11.0. The summed E-state index contributed by atoms with van der Waals surface area (Å²) in [5.41, 5.74) is 6.32. The van der Waals surface area contributed by atoms with Crippen molar-refractivity contribution in [1.29, 1.82) is 0 Å². The predicted molar refractivity (Wildman–Crippen MR) is 95.2 cm³/mol. The van der Waals surface area contributed by atoms with Crippen LogP contribution in [0.2, 0.25) is 5.02 Å². The molecule has 24 heavy (non-hydrogen) atoms. The molecule has 2 aromatic rings. The van der Waals surface area contributed by atoms with Crippen LogP contribution in [0.3, 0.4) is 0 Å². The third kappa shape index (κ3) is 5.62. The van der Waals surface area contributed by atoms with Gasteiger partial charge in [0.25, 0.3) is 5.91 Å². The summed E-state index contributed by atoms with van der Waals surface area (Å²) in [4.78, 5) is 15.4. The lowest BCUT2D eigenvalue weighted by molar-refractivity contribution is 0.0972. The van der Waals surface area contributed by atoms with Gasteiger partial charge < -0.3 is 20.8 Å². The second kappa shape index (κ2) is 8.98. The summed E-state index contributed by atoms with van der Waals surface area (Å²) in [6.07, 6.45) is 0.831. The second-order valence-corrected chi connectivity index (χ2v) is 5.57. The van der Waals surface area contributed by atoms with Crippen LogP contribution in [0, 0.1) is 0 Å². The van der Waals surface area contributed by atoms with E-state index in [4.69, 9.17) is 21.8 Å². The highest BCUT2D eigenvalue weighted by Crippen LogP contribution is 2.11. The number of carbonyl (C=O) groups is 1. The van der Waals surface area contributed by atoms with E-state index >= 15 is 0 Å². The van der Waals surface area contributed by atoms with Crippen molar-refractivity contribution in [2.24, 2.45) is 10.7 Å². The normalized spacial score (nSPS) is 11.3. The molecular formula is C17H21ClN4O2. The maximum Gasteiger partial charge on any atom is 0.284 e. The molecule has 1 heterocycles. The van der Waals surface area contributed by atoms with Gasteiger partial charge in [-0.25, -0.2) is 4.99 Å². The maximum absolute atomic E-state index is 11.0. The summed E-state index contributed by atoms with van der Waals surface area (Å²) in [6, 6.07) is 11.0. The van der Waals surface area contributed by atoms with Gasteiger partial charge in [0.15, 0.2) is 11.7 Å². The van der Waals surface area contributed by atoms with Gasteiger partial charge in [-0.2, -0.15) is 0 Å². The topological polar surface area (TPSA) is 92.6 Å². The molecule has 0 unspecified atom stereocenters. The minimum absolute atomic E-state index is 0.138. The van der Waals surface area contributed by atoms with Crippen LogP contribution in [-0.4, -0.2) is 25.0 Å². The van der Waals surface area contributed by atoms with E-state index in [1.165, 1.54) is 0 Å². The molecule has 0 radical (unpaired) electrons. The average molecular weight is 349 g/mol. The van der Waals surface area contributed by atoms with E-state index in [9.17, 15) is 4.79 Å². The van der Waals surface area contributed by atoms with E-state index in [-0.39, 0.29) is 5.76 Å². The number of aliphatic imine (C=N–C) groups is 1. The van der Waals surface area contributed by atoms with Crippen molar-refractivity contribution in [3.05, 3.63) is 58.5 Å². The molecule has 7 heteroatoms. The lowest BCUT2D eigenvalue weighted by atomic mass is 10.1. The first-order valence-electron chi connectivity index (χ1n) is 7.73. The van der Waals surface area contributed by atoms with Gasteiger partial charge in [0, 0.05) is 18.1 Å². The van der Waals surface area contributed by atoms with Crippen molar-refractivity contribution in [1.82, 2.24) is 10.6 Å². The Morgan fingerprint density at radius 3 is 2.79 bits per heavy atom. The van der Waals surface area contributed by atoms with Crippen molar-refractivity contribution < 1.29 is 9.21 Å². The predicted octanol–water partition coefficient (Wildman–Crippen LogP) is 2.33. The third-order valence-corrected chi connectivity index (χ3v) is 3.47. The summed E-state index contributed by atoms with van der Waals surface area (Å²) in [7, 11) is 0. The lowest BCUT2D eigenvalue weighted by Gasteiger charge is -2.11. The minimum atomic E-state index is -0.586. The Morgan fingerprint density at radius 1 is 1.29 bits per heavy atom. The fraction of sp³-hybridized carbons (Fsp3) is 0.294. The molecule has 6 nitrogen and oxygen atoms in total. The number of guanidine groups is 1. The molecule has 0 aliphatic carbocycles. The van der Waals surface area contributed by atoms with Gasteiger partial charge in [0.05, 0.1) is 0 Å². The number of benzene rings is 1. The highest BCUT2D eigenvalue weighted by molar-refractivity contribution is 6.30. The molecular weight excluding hydrogens is 328 g/mol. The van der Waals surface area contributed by atoms with Gasteiger partial charge in [-0.15, -0.1) is 0 Å². The molecule has 0 aliphatic rings. The molecule has 4 N–H and O–H groups in total. The molecule has 0 fully saturated rings. The monoisotopic (exact) mass is 348 g/mol. The van der Waals surface area contributed by atoms with Gasteiger partial charge in [0.2, 0.25) is 0 Å². The second-order valence-electron chi connectivity index (χ2n) is 5.13. The van der Waals surface area contributed by atoms with Crippen molar-refractivity contribution in [3.63, 3.8) is 0 Å². The number of furan rings is 1. The number of rotatable bonds is 7. The first-order chi connectivity index (χ1) is 11.6. The van der Waals surface area contributed by atoms with Crippen LogP contribution in [0.1, 0.15) is 28.8 Å². The van der Waals surface area contributed by atoms with Crippen LogP contribution >= 0.6 is 11.6 Å². The zero-order chi connectivity index (χ0) is 17.4. The molecule has 0 aliphatic heterocycles. The van der Waals surface area contributed by atoms with Crippen LogP contribution in [0.4, 0.5) is 0 Å². The number of nitrogens with two attached hydrogens (primary N) is 1. The molecule has 1 aromatic heterocycles. The third-order valence-electron chi connectivity index (χ3n) is 3.24. The number of hydrogen-bond donors (Lipinski definition) is 3. The SMILES string of the molecule is CCNC(=NCc1ccc(C(N)=O)o1)NCCc1cccc(Cl)c1. The molecule has 0 saturated heterocycles. The van der Waals surface area contributed by atoms with E-state index in [1.54, 1.807) is 12.1 Å². The number of nitrogens with zero attached hydrogens (tertiary/aromatic N) is 1. The number of hydrogen-bond acceptors (Lipinski definition) is 3. The fourth-order valence-electron chi connectivity index (χ4n) is 2.11. The van der Waals surface area contributed by atoms with E-state index in [1.807, 2.05) is 31.2 Å². The summed E-state index contributed by atoms with van der Waals surface area (Å²) >= 11 is 5.98. The first kappa shape index (κ1) is 17.9. The zero-order valence-corrected chi connectivity index (χ0v) is 14.3. The summed E-state index contributed by atoms with van der Waals surface area (Å²) in [6.45, 7) is 3.77. The van der Waals surface area contributed by atoms with Crippen molar-refractivity contribution >= 4 is 23.5 Å². The average Bonchev–Trinajstić information content (AvgIpc) is 3.02. The number of primary amides is 1. The summed E-state index contributed by atoms with van der Waals surface area (Å²) in [5, 5.41) is 7.14. The zero-order valence-electron chi connectivity index (χ0n) is 13.5. The Balaban J connectivity index is 1.89. The standard InChI is InChI=1S/C17H21ClN4O2/c1-2-20-17(21-9-8-12-4-3-5-13(18)10-12)22-11-14-6-7-15(24-14)16(19)23/h3-7,10H,2,8-9,11H2,1H3,(H2,19,23)(H2,20,21,22). The highest BCUT2D eigenvalue weighted by atomic mass is 35.5.